The third kappa shape index (κ3) is 8.25. The summed E-state index contributed by atoms with van der Waals surface area (Å²) in [5, 5.41) is 6.39. The summed E-state index contributed by atoms with van der Waals surface area (Å²) in [6.07, 6.45) is 4.74. The van der Waals surface area contributed by atoms with E-state index in [0.29, 0.717) is 38.0 Å². The van der Waals surface area contributed by atoms with Crippen molar-refractivity contribution in [3.63, 3.8) is 0 Å². The van der Waals surface area contributed by atoms with E-state index in [1.165, 1.54) is 45.7 Å². The first kappa shape index (κ1) is 41.4. The van der Waals surface area contributed by atoms with Crippen molar-refractivity contribution in [2.45, 2.75) is 103 Å². The van der Waals surface area contributed by atoms with Gasteiger partial charge in [-0.2, -0.15) is 0 Å². The summed E-state index contributed by atoms with van der Waals surface area (Å²) < 4.78 is 10.4. The van der Waals surface area contributed by atoms with Gasteiger partial charge in [-0.05, 0) is 59.7 Å². The van der Waals surface area contributed by atoms with Crippen LogP contribution in [-0.2, 0) is 19.1 Å². The molecule has 0 amide bonds. The second-order valence-electron chi connectivity index (χ2n) is 18.8. The molecule has 0 aliphatic heterocycles. The van der Waals surface area contributed by atoms with Gasteiger partial charge in [0.1, 0.15) is 16.1 Å². The average molecular weight is 761 g/mol. The molecule has 2 saturated carbocycles. The van der Waals surface area contributed by atoms with Gasteiger partial charge in [0.25, 0.3) is 12.9 Å². The number of carbonyl (C=O) groups is 2. The molecule has 0 radical (unpaired) electrons. The van der Waals surface area contributed by atoms with E-state index in [-0.39, 0.29) is 20.9 Å². The highest BCUT2D eigenvalue weighted by molar-refractivity contribution is 7.05. The van der Waals surface area contributed by atoms with E-state index in [1.54, 1.807) is 0 Å². The van der Waals surface area contributed by atoms with Gasteiger partial charge in [-0.25, -0.2) is 0 Å². The van der Waals surface area contributed by atoms with Crippen LogP contribution in [0.1, 0.15) is 81.1 Å². The first-order chi connectivity index (χ1) is 25.7. The number of hydrogen-bond acceptors (Lipinski definition) is 4. The SMILES string of the molecule is CC(C)(C)[Si](C[C@@H]1CC[C@@]1(C)COC=O)(c1ccccc1)c1ccccc1.CC(C)(C)[Si](C[C@H]1CC[C@]1(C)COC=O)(c1ccccc1)c1ccccc1. The van der Waals surface area contributed by atoms with Gasteiger partial charge >= 0.3 is 0 Å². The molecule has 288 valence electrons. The lowest BCUT2D eigenvalue weighted by atomic mass is 9.62. The van der Waals surface area contributed by atoms with E-state index in [1.807, 2.05) is 0 Å². The molecule has 4 nitrogen and oxygen atoms in total. The summed E-state index contributed by atoms with van der Waals surface area (Å²) in [6, 6.07) is 47.0. The Kier molecular flexibility index (Phi) is 13.0. The van der Waals surface area contributed by atoms with Crippen LogP contribution < -0.4 is 20.7 Å². The third-order valence-electron chi connectivity index (χ3n) is 13.8. The molecule has 4 aromatic carbocycles. The lowest BCUT2D eigenvalue weighted by Gasteiger charge is -2.53. The summed E-state index contributed by atoms with van der Waals surface area (Å²) >= 11 is 0. The summed E-state index contributed by atoms with van der Waals surface area (Å²) in [5.74, 6) is 1.17. The largest absolute Gasteiger partial charge is 0.467 e. The first-order valence-electron chi connectivity index (χ1n) is 20.0. The quantitative estimate of drug-likeness (QED) is 0.0951. The molecule has 4 atom stereocenters. The smallest absolute Gasteiger partial charge is 0.293 e. The summed E-state index contributed by atoms with van der Waals surface area (Å²) in [6.45, 7) is 21.4. The topological polar surface area (TPSA) is 52.6 Å². The molecule has 0 N–H and O–H groups in total. The molecule has 0 spiro atoms. The summed E-state index contributed by atoms with van der Waals surface area (Å²) in [4.78, 5) is 21.5. The van der Waals surface area contributed by atoms with Crippen molar-refractivity contribution in [1.82, 2.24) is 0 Å². The number of carbonyl (C=O) groups excluding carboxylic acids is 2. The van der Waals surface area contributed by atoms with Gasteiger partial charge in [-0.3, -0.25) is 9.59 Å². The van der Waals surface area contributed by atoms with Gasteiger partial charge in [0.05, 0.1) is 13.2 Å². The normalized spacial score (nSPS) is 22.7. The fraction of sp³-hybridized carbons (Fsp3) is 0.458. The summed E-state index contributed by atoms with van der Waals surface area (Å²) in [7, 11) is -4.11. The molecule has 6 rings (SSSR count). The van der Waals surface area contributed by atoms with Crippen LogP contribution in [-0.4, -0.2) is 42.3 Å². The van der Waals surface area contributed by atoms with Gasteiger partial charge in [0.2, 0.25) is 0 Å². The highest BCUT2D eigenvalue weighted by Gasteiger charge is 2.55. The van der Waals surface area contributed by atoms with E-state index in [9.17, 15) is 9.59 Å². The Morgan fingerprint density at radius 2 is 0.778 bits per heavy atom. The minimum absolute atomic E-state index is 0.105. The fourth-order valence-electron chi connectivity index (χ4n) is 9.99. The zero-order valence-corrected chi connectivity index (χ0v) is 36.1. The van der Waals surface area contributed by atoms with Gasteiger partial charge in [-0.15, -0.1) is 0 Å². The van der Waals surface area contributed by atoms with Crippen LogP contribution in [0.5, 0.6) is 0 Å². The fourth-order valence-corrected chi connectivity index (χ4v) is 22.2. The minimum Gasteiger partial charge on any atom is -0.467 e. The number of hydrogen-bond donors (Lipinski definition) is 0. The first-order valence-corrected chi connectivity index (χ1v) is 24.4. The Bertz CT molecular complexity index is 1560. The van der Waals surface area contributed by atoms with E-state index in [0.717, 1.165) is 12.8 Å². The van der Waals surface area contributed by atoms with Crippen LogP contribution in [0.15, 0.2) is 121 Å². The molecule has 0 unspecified atom stereocenters. The van der Waals surface area contributed by atoms with Crippen molar-refractivity contribution in [3.05, 3.63) is 121 Å². The van der Waals surface area contributed by atoms with Gasteiger partial charge in [-0.1, -0.05) is 197 Å². The van der Waals surface area contributed by atoms with Crippen molar-refractivity contribution in [3.8, 4) is 0 Å². The van der Waals surface area contributed by atoms with Crippen LogP contribution in [0.2, 0.25) is 22.2 Å². The van der Waals surface area contributed by atoms with Crippen LogP contribution in [0.25, 0.3) is 0 Å². The average Bonchev–Trinajstić information content (AvgIpc) is 3.16. The molecular formula is C48H64O4Si2. The Morgan fingerprint density at radius 3 is 0.963 bits per heavy atom. The molecule has 0 saturated heterocycles. The van der Waals surface area contributed by atoms with Gasteiger partial charge < -0.3 is 9.47 Å². The Morgan fingerprint density at radius 1 is 0.519 bits per heavy atom. The monoisotopic (exact) mass is 760 g/mol. The lowest BCUT2D eigenvalue weighted by Crippen LogP contribution is -2.66. The van der Waals surface area contributed by atoms with Crippen molar-refractivity contribution in [2.24, 2.45) is 22.7 Å². The molecule has 0 aromatic heterocycles. The number of ether oxygens (including phenoxy) is 2. The Hall–Kier alpha value is -3.75. The second-order valence-corrected chi connectivity index (χ2v) is 28.5. The maximum absolute atomic E-state index is 10.8. The molecule has 0 bridgehead atoms. The van der Waals surface area contributed by atoms with E-state index < -0.39 is 16.1 Å². The van der Waals surface area contributed by atoms with Crippen LogP contribution >= 0.6 is 0 Å². The third-order valence-corrected chi connectivity index (χ3v) is 26.4. The molecular weight excluding hydrogens is 697 g/mol. The van der Waals surface area contributed by atoms with Crippen molar-refractivity contribution < 1.29 is 19.1 Å². The van der Waals surface area contributed by atoms with E-state index >= 15 is 0 Å². The zero-order chi connectivity index (χ0) is 39.1. The van der Waals surface area contributed by atoms with Gasteiger partial charge in [0.15, 0.2) is 0 Å². The van der Waals surface area contributed by atoms with Gasteiger partial charge in [0, 0.05) is 10.8 Å². The highest BCUT2D eigenvalue weighted by Crippen LogP contribution is 2.54. The van der Waals surface area contributed by atoms with Crippen molar-refractivity contribution in [2.75, 3.05) is 13.2 Å². The second kappa shape index (κ2) is 17.0. The molecule has 2 fully saturated rings. The van der Waals surface area contributed by atoms with Crippen molar-refractivity contribution >= 4 is 49.8 Å². The predicted octanol–water partition coefficient (Wildman–Crippen LogP) is 9.28. The van der Waals surface area contributed by atoms with E-state index in [2.05, 4.69) is 177 Å². The predicted molar refractivity (Wildman–Crippen MR) is 231 cm³/mol. The molecule has 2 aliphatic rings. The standard InChI is InChI=1S/2C24H32O2Si/c2*1-23(2,3)27(21-11-7-5-8-12-21,22-13-9-6-10-14-22)17-20-15-16-24(20,4)18-26-19-25/h2*5-14,19-20H,15-18H2,1-4H3/t2*20-,24-/m10/s1. The molecule has 6 heteroatoms. The minimum atomic E-state index is -2.05. The number of benzene rings is 4. The van der Waals surface area contributed by atoms with Crippen LogP contribution in [0.3, 0.4) is 0 Å². The summed E-state index contributed by atoms with van der Waals surface area (Å²) in [5.41, 5.74) is 0.210. The van der Waals surface area contributed by atoms with Crippen molar-refractivity contribution in [1.29, 1.82) is 0 Å². The van der Waals surface area contributed by atoms with Crippen LogP contribution in [0.4, 0.5) is 0 Å². The maximum Gasteiger partial charge on any atom is 0.293 e. The highest BCUT2D eigenvalue weighted by atomic mass is 28.3. The lowest BCUT2D eigenvalue weighted by molar-refractivity contribution is -0.136. The molecule has 2 aliphatic carbocycles. The molecule has 4 aromatic rings. The zero-order valence-electron chi connectivity index (χ0n) is 34.1. The van der Waals surface area contributed by atoms with Crippen LogP contribution in [0, 0.1) is 22.7 Å². The molecule has 0 heterocycles. The Labute approximate surface area is 328 Å². The maximum atomic E-state index is 10.8. The van der Waals surface area contributed by atoms with E-state index in [4.69, 9.17) is 9.47 Å². The number of rotatable bonds is 14. The Balaban J connectivity index is 0.000000208. The molecule has 54 heavy (non-hydrogen) atoms.